The van der Waals surface area contributed by atoms with E-state index < -0.39 is 0 Å². The van der Waals surface area contributed by atoms with E-state index in [0.29, 0.717) is 25.9 Å². The van der Waals surface area contributed by atoms with Crippen molar-refractivity contribution in [3.05, 3.63) is 10.4 Å². The van der Waals surface area contributed by atoms with E-state index in [4.69, 9.17) is 5.53 Å². The number of carbonyl (C=O) groups is 3. The minimum atomic E-state index is -0.366. The average molecular weight is 269 g/mol. The van der Waals surface area contributed by atoms with Crippen LogP contribution in [0.2, 0.25) is 0 Å². The molecular weight excluding hydrogens is 250 g/mol. The first-order valence-electron chi connectivity index (χ1n) is 6.05. The molecule has 0 fully saturated rings. The fourth-order valence-corrected chi connectivity index (χ4v) is 1.42. The minimum Gasteiger partial charge on any atom is -0.356 e. The molecule has 19 heavy (non-hydrogen) atoms. The Hall–Kier alpha value is -2.08. The third-order valence-corrected chi connectivity index (χ3v) is 2.39. The number of hydrogen-bond donors (Lipinski definition) is 1. The van der Waals surface area contributed by atoms with Crippen LogP contribution in [0, 0.1) is 0 Å². The van der Waals surface area contributed by atoms with Gasteiger partial charge in [-0.1, -0.05) is 5.11 Å². The molecule has 0 rings (SSSR count). The zero-order chi connectivity index (χ0) is 14.7. The number of carbonyl (C=O) groups excluding carboxylic acids is 3. The Balaban J connectivity index is 3.77. The van der Waals surface area contributed by atoms with E-state index >= 15 is 0 Å². The maximum Gasteiger partial charge on any atom is 0.226 e. The van der Waals surface area contributed by atoms with E-state index in [0.717, 1.165) is 4.90 Å². The van der Waals surface area contributed by atoms with E-state index in [1.165, 1.54) is 13.8 Å². The number of hydrogen-bond acceptors (Lipinski definition) is 4. The molecule has 0 bridgehead atoms. The third-order valence-electron chi connectivity index (χ3n) is 2.39. The van der Waals surface area contributed by atoms with Crippen LogP contribution in [0.25, 0.3) is 10.4 Å². The fourth-order valence-electron chi connectivity index (χ4n) is 1.42. The molecule has 0 aliphatic heterocycles. The van der Waals surface area contributed by atoms with Crippen molar-refractivity contribution in [2.75, 3.05) is 19.6 Å². The highest BCUT2D eigenvalue weighted by Gasteiger charge is 2.14. The van der Waals surface area contributed by atoms with Crippen LogP contribution >= 0.6 is 0 Å². The number of rotatable bonds is 8. The van der Waals surface area contributed by atoms with Crippen molar-refractivity contribution in [1.82, 2.24) is 10.2 Å². The molecule has 3 amide bonds. The predicted octanol–water partition coefficient (Wildman–Crippen LogP) is 0.978. The lowest BCUT2D eigenvalue weighted by molar-refractivity contribution is -0.142. The summed E-state index contributed by atoms with van der Waals surface area (Å²) < 4.78 is 0. The normalized spacial score (nSPS) is 9.37. The van der Waals surface area contributed by atoms with E-state index in [1.807, 2.05) is 0 Å². The van der Waals surface area contributed by atoms with Gasteiger partial charge in [0.1, 0.15) is 0 Å². The summed E-state index contributed by atoms with van der Waals surface area (Å²) in [5.74, 6) is -0.944. The van der Waals surface area contributed by atoms with Crippen molar-refractivity contribution in [2.24, 2.45) is 5.11 Å². The first-order valence-corrected chi connectivity index (χ1v) is 6.05. The molecule has 8 heteroatoms. The smallest absolute Gasteiger partial charge is 0.226 e. The van der Waals surface area contributed by atoms with Crippen molar-refractivity contribution >= 4 is 17.7 Å². The summed E-state index contributed by atoms with van der Waals surface area (Å²) in [5.41, 5.74) is 8.05. The largest absolute Gasteiger partial charge is 0.356 e. The van der Waals surface area contributed by atoms with Gasteiger partial charge in [-0.2, -0.15) is 0 Å². The van der Waals surface area contributed by atoms with E-state index in [1.54, 1.807) is 0 Å². The van der Waals surface area contributed by atoms with Crippen molar-refractivity contribution in [2.45, 2.75) is 33.1 Å². The molecule has 0 aromatic heterocycles. The van der Waals surface area contributed by atoms with E-state index in [-0.39, 0.29) is 30.7 Å². The molecule has 0 aliphatic rings. The third kappa shape index (κ3) is 8.62. The van der Waals surface area contributed by atoms with Crippen LogP contribution in [-0.2, 0) is 14.4 Å². The number of imide groups is 1. The SMILES string of the molecule is CC(=O)N(CCC(=O)NCCCCN=[N+]=[N-])C(C)=O. The van der Waals surface area contributed by atoms with Crippen LogP contribution in [0.5, 0.6) is 0 Å². The molecule has 0 spiro atoms. The maximum atomic E-state index is 11.4. The first kappa shape index (κ1) is 16.9. The summed E-state index contributed by atoms with van der Waals surface area (Å²) in [6, 6.07) is 0. The predicted molar refractivity (Wildman–Crippen MR) is 68.9 cm³/mol. The van der Waals surface area contributed by atoms with Crippen molar-refractivity contribution in [1.29, 1.82) is 0 Å². The molecule has 0 heterocycles. The quantitative estimate of drug-likeness (QED) is 0.306. The molecule has 106 valence electrons. The van der Waals surface area contributed by atoms with Gasteiger partial charge in [-0.05, 0) is 18.4 Å². The topological polar surface area (TPSA) is 115 Å². The highest BCUT2D eigenvalue weighted by atomic mass is 16.2. The van der Waals surface area contributed by atoms with Gasteiger partial charge in [-0.25, -0.2) is 0 Å². The Kier molecular flexibility index (Phi) is 8.82. The lowest BCUT2D eigenvalue weighted by Crippen LogP contribution is -2.37. The number of nitrogens with zero attached hydrogens (tertiary/aromatic N) is 4. The van der Waals surface area contributed by atoms with Gasteiger partial charge < -0.3 is 5.32 Å². The number of unbranched alkanes of at least 4 members (excludes halogenated alkanes) is 1. The second-order valence-corrected chi connectivity index (χ2v) is 3.95. The number of amides is 3. The van der Waals surface area contributed by atoms with Gasteiger partial charge in [0.25, 0.3) is 0 Å². The van der Waals surface area contributed by atoms with Crippen LogP contribution in [0.1, 0.15) is 33.1 Å². The monoisotopic (exact) mass is 269 g/mol. The van der Waals surface area contributed by atoms with Crippen LogP contribution < -0.4 is 5.32 Å². The fraction of sp³-hybridized carbons (Fsp3) is 0.727. The second kappa shape index (κ2) is 9.90. The Morgan fingerprint density at radius 1 is 1.21 bits per heavy atom. The molecule has 0 aromatic carbocycles. The Bertz CT molecular complexity index is 363. The van der Waals surface area contributed by atoms with Gasteiger partial charge in [-0.15, -0.1) is 0 Å². The van der Waals surface area contributed by atoms with E-state index in [9.17, 15) is 14.4 Å². The van der Waals surface area contributed by atoms with Crippen LogP contribution in [-0.4, -0.2) is 42.3 Å². The molecule has 0 aliphatic carbocycles. The average Bonchev–Trinajstić information content (AvgIpc) is 2.33. The minimum absolute atomic E-state index is 0.0925. The molecule has 0 saturated heterocycles. The van der Waals surface area contributed by atoms with Gasteiger partial charge in [0.15, 0.2) is 0 Å². The van der Waals surface area contributed by atoms with Gasteiger partial charge in [0.05, 0.1) is 0 Å². The summed E-state index contributed by atoms with van der Waals surface area (Å²) in [6.45, 7) is 3.56. The Morgan fingerprint density at radius 3 is 2.37 bits per heavy atom. The van der Waals surface area contributed by atoms with Gasteiger partial charge in [-0.3, -0.25) is 19.3 Å². The molecule has 0 radical (unpaired) electrons. The Labute approximate surface area is 111 Å². The number of nitrogens with one attached hydrogen (secondary N) is 1. The molecule has 0 unspecified atom stereocenters. The number of azide groups is 1. The highest BCUT2D eigenvalue weighted by Crippen LogP contribution is 1.95. The zero-order valence-electron chi connectivity index (χ0n) is 11.3. The van der Waals surface area contributed by atoms with Crippen molar-refractivity contribution in [3.8, 4) is 0 Å². The van der Waals surface area contributed by atoms with Gasteiger partial charge in [0.2, 0.25) is 17.7 Å². The van der Waals surface area contributed by atoms with Crippen LogP contribution in [0.3, 0.4) is 0 Å². The molecule has 0 atom stereocenters. The Morgan fingerprint density at radius 2 is 1.84 bits per heavy atom. The summed E-state index contributed by atoms with van der Waals surface area (Å²) in [5, 5.41) is 6.04. The van der Waals surface area contributed by atoms with Crippen molar-refractivity contribution in [3.63, 3.8) is 0 Å². The standard InChI is InChI=1S/C11H19N5O3/c1-9(17)16(10(2)18)8-5-11(19)13-6-3-4-7-14-15-12/h3-8H2,1-2H3,(H,13,19). The summed E-state index contributed by atoms with van der Waals surface area (Å²) in [6.07, 6.45) is 1.51. The lowest BCUT2D eigenvalue weighted by atomic mass is 10.3. The summed E-state index contributed by atoms with van der Waals surface area (Å²) in [7, 11) is 0. The first-order chi connectivity index (χ1) is 8.99. The van der Waals surface area contributed by atoms with Crippen molar-refractivity contribution < 1.29 is 14.4 Å². The molecule has 8 nitrogen and oxygen atoms in total. The summed E-state index contributed by atoms with van der Waals surface area (Å²) >= 11 is 0. The van der Waals surface area contributed by atoms with Crippen LogP contribution in [0.4, 0.5) is 0 Å². The molecule has 1 N–H and O–H groups in total. The zero-order valence-corrected chi connectivity index (χ0v) is 11.3. The van der Waals surface area contributed by atoms with Crippen LogP contribution in [0.15, 0.2) is 5.11 Å². The summed E-state index contributed by atoms with van der Waals surface area (Å²) in [4.78, 5) is 37.3. The van der Waals surface area contributed by atoms with E-state index in [2.05, 4.69) is 15.3 Å². The molecular formula is C11H19N5O3. The maximum absolute atomic E-state index is 11.4. The lowest BCUT2D eigenvalue weighted by Gasteiger charge is -2.16. The molecule has 0 saturated carbocycles. The highest BCUT2D eigenvalue weighted by molar-refractivity contribution is 5.93. The second-order valence-electron chi connectivity index (χ2n) is 3.95. The molecule has 0 aromatic rings. The van der Waals surface area contributed by atoms with Gasteiger partial charge >= 0.3 is 0 Å². The van der Waals surface area contributed by atoms with Gasteiger partial charge in [0, 0.05) is 44.8 Å².